The van der Waals surface area contributed by atoms with E-state index in [2.05, 4.69) is 23.9 Å². The average Bonchev–Trinajstić information content (AvgIpc) is 2.17. The number of carbonyl (C=O) groups excluding carboxylic acids is 1. The van der Waals surface area contributed by atoms with Crippen LogP contribution in [0.5, 0.6) is 0 Å². The number of thioether (sulfide) groups is 1. The van der Waals surface area contributed by atoms with E-state index in [-0.39, 0.29) is 5.97 Å². The van der Waals surface area contributed by atoms with E-state index in [1.807, 2.05) is 0 Å². The van der Waals surface area contributed by atoms with Gasteiger partial charge in [0, 0.05) is 18.0 Å². The van der Waals surface area contributed by atoms with Crippen molar-refractivity contribution in [2.24, 2.45) is 5.92 Å². The lowest BCUT2D eigenvalue weighted by Crippen LogP contribution is -2.35. The molecule has 0 fully saturated rings. The molecule has 1 heterocycles. The third-order valence-electron chi connectivity index (χ3n) is 2.04. The highest BCUT2D eigenvalue weighted by Gasteiger charge is 2.21. The van der Waals surface area contributed by atoms with Gasteiger partial charge in [0.15, 0.2) is 0 Å². The maximum Gasteiger partial charge on any atom is 0.345 e. The molecule has 0 aliphatic carbocycles. The number of hydrogen-bond acceptors (Lipinski definition) is 4. The minimum absolute atomic E-state index is 0.250. The average molecular weight is 201 g/mol. The Morgan fingerprint density at radius 1 is 1.77 bits per heavy atom. The van der Waals surface area contributed by atoms with Gasteiger partial charge in [-0.25, -0.2) is 4.79 Å². The zero-order valence-electron chi connectivity index (χ0n) is 8.16. The van der Waals surface area contributed by atoms with Crippen LogP contribution in [0.4, 0.5) is 0 Å². The smallest absolute Gasteiger partial charge is 0.345 e. The largest absolute Gasteiger partial charge is 0.465 e. The molecule has 1 rings (SSSR count). The molecule has 1 aliphatic heterocycles. The molecule has 0 aromatic rings. The molecule has 1 aliphatic rings. The summed E-state index contributed by atoms with van der Waals surface area (Å²) in [5.41, 5.74) is 0. The molecule has 0 aromatic carbocycles. The second-order valence-electron chi connectivity index (χ2n) is 3.33. The van der Waals surface area contributed by atoms with E-state index in [9.17, 15) is 4.79 Å². The Hall–Kier alpha value is -0.640. The molecule has 0 saturated carbocycles. The van der Waals surface area contributed by atoms with Gasteiger partial charge in [-0.2, -0.15) is 0 Å². The predicted octanol–water partition coefficient (Wildman–Crippen LogP) is 1.36. The monoisotopic (exact) mass is 201 g/mol. The van der Waals surface area contributed by atoms with Crippen LogP contribution in [0.25, 0.3) is 0 Å². The summed E-state index contributed by atoms with van der Waals surface area (Å²) < 4.78 is 4.62. The molecule has 0 unspecified atom stereocenters. The lowest BCUT2D eigenvalue weighted by atomic mass is 10.1. The Kier molecular flexibility index (Phi) is 3.66. The van der Waals surface area contributed by atoms with Gasteiger partial charge in [-0.1, -0.05) is 13.8 Å². The van der Waals surface area contributed by atoms with Crippen LogP contribution in [-0.2, 0) is 9.53 Å². The van der Waals surface area contributed by atoms with E-state index in [4.69, 9.17) is 0 Å². The van der Waals surface area contributed by atoms with Crippen LogP contribution < -0.4 is 5.32 Å². The molecule has 0 spiro atoms. The van der Waals surface area contributed by atoms with E-state index in [0.29, 0.717) is 16.9 Å². The van der Waals surface area contributed by atoms with Gasteiger partial charge in [-0.3, -0.25) is 0 Å². The zero-order valence-corrected chi connectivity index (χ0v) is 8.98. The van der Waals surface area contributed by atoms with Gasteiger partial charge in [0.1, 0.15) is 4.91 Å². The van der Waals surface area contributed by atoms with Crippen LogP contribution in [0.1, 0.15) is 13.8 Å². The van der Waals surface area contributed by atoms with Gasteiger partial charge >= 0.3 is 5.97 Å². The number of rotatable bonds is 2. The SMILES string of the molecule is COC(=O)C1=CN[C@H](C(C)C)CS1. The molecule has 0 radical (unpaired) electrons. The molecule has 4 heteroatoms. The Bertz CT molecular complexity index is 226. The van der Waals surface area contributed by atoms with Crippen LogP contribution in [0, 0.1) is 5.92 Å². The quantitative estimate of drug-likeness (QED) is 0.685. The van der Waals surface area contributed by atoms with E-state index in [1.165, 1.54) is 7.11 Å². The fraction of sp³-hybridized carbons (Fsp3) is 0.667. The standard InChI is InChI=1S/C9H15NO2S/c1-6(2)7-5-13-8(4-10-7)9(11)12-3/h4,6-7,10H,5H2,1-3H3/t7-/m0/s1. The molecule has 13 heavy (non-hydrogen) atoms. The summed E-state index contributed by atoms with van der Waals surface area (Å²) in [5, 5.41) is 3.20. The Labute approximate surface area is 82.9 Å². The first-order valence-electron chi connectivity index (χ1n) is 4.32. The normalized spacial score (nSPS) is 22.2. The molecule has 74 valence electrons. The van der Waals surface area contributed by atoms with Gasteiger partial charge in [-0.15, -0.1) is 11.8 Å². The molecular weight excluding hydrogens is 186 g/mol. The number of carbonyl (C=O) groups is 1. The van der Waals surface area contributed by atoms with Crippen molar-refractivity contribution < 1.29 is 9.53 Å². The molecule has 1 atom stereocenters. The summed E-state index contributed by atoms with van der Waals surface area (Å²) in [6.07, 6.45) is 1.75. The highest BCUT2D eigenvalue weighted by molar-refractivity contribution is 8.04. The van der Waals surface area contributed by atoms with Crippen LogP contribution >= 0.6 is 11.8 Å². The summed E-state index contributed by atoms with van der Waals surface area (Å²) in [7, 11) is 1.40. The first-order chi connectivity index (χ1) is 6.15. The summed E-state index contributed by atoms with van der Waals surface area (Å²) in [4.78, 5) is 11.8. The number of nitrogens with one attached hydrogen (secondary N) is 1. The van der Waals surface area contributed by atoms with Crippen molar-refractivity contribution in [1.82, 2.24) is 5.32 Å². The van der Waals surface area contributed by atoms with Crippen LogP contribution in [0.3, 0.4) is 0 Å². The van der Waals surface area contributed by atoms with Crippen molar-refractivity contribution >= 4 is 17.7 Å². The summed E-state index contributed by atoms with van der Waals surface area (Å²) in [6, 6.07) is 0.457. The van der Waals surface area contributed by atoms with Crippen LogP contribution in [0.15, 0.2) is 11.1 Å². The highest BCUT2D eigenvalue weighted by atomic mass is 32.2. The lowest BCUT2D eigenvalue weighted by molar-refractivity contribution is -0.135. The van der Waals surface area contributed by atoms with Crippen molar-refractivity contribution in [2.45, 2.75) is 19.9 Å². The van der Waals surface area contributed by atoms with Crippen molar-refractivity contribution in [1.29, 1.82) is 0 Å². The summed E-state index contributed by atoms with van der Waals surface area (Å²) in [6.45, 7) is 4.32. The third kappa shape index (κ3) is 2.66. The Morgan fingerprint density at radius 2 is 2.46 bits per heavy atom. The fourth-order valence-electron chi connectivity index (χ4n) is 1.06. The molecule has 0 amide bonds. The second-order valence-corrected chi connectivity index (χ2v) is 4.39. The molecule has 3 nitrogen and oxygen atoms in total. The number of ether oxygens (including phenoxy) is 1. The van der Waals surface area contributed by atoms with E-state index in [1.54, 1.807) is 18.0 Å². The Balaban J connectivity index is 2.52. The minimum atomic E-state index is -0.250. The predicted molar refractivity (Wildman–Crippen MR) is 54.3 cm³/mol. The highest BCUT2D eigenvalue weighted by Crippen LogP contribution is 2.23. The van der Waals surface area contributed by atoms with Crippen LogP contribution in [-0.4, -0.2) is 24.9 Å². The van der Waals surface area contributed by atoms with Gasteiger partial charge in [0.25, 0.3) is 0 Å². The van der Waals surface area contributed by atoms with E-state index < -0.39 is 0 Å². The Morgan fingerprint density at radius 3 is 2.85 bits per heavy atom. The van der Waals surface area contributed by atoms with Crippen molar-refractivity contribution in [3.63, 3.8) is 0 Å². The van der Waals surface area contributed by atoms with Gasteiger partial charge in [0.05, 0.1) is 7.11 Å². The van der Waals surface area contributed by atoms with Crippen molar-refractivity contribution in [3.05, 3.63) is 11.1 Å². The molecule has 0 saturated heterocycles. The molecule has 0 aromatic heterocycles. The van der Waals surface area contributed by atoms with Gasteiger partial charge in [0.2, 0.25) is 0 Å². The molecule has 1 N–H and O–H groups in total. The third-order valence-corrected chi connectivity index (χ3v) is 3.16. The van der Waals surface area contributed by atoms with E-state index >= 15 is 0 Å². The first kappa shape index (κ1) is 10.4. The number of methoxy groups -OCH3 is 1. The number of esters is 1. The number of hydrogen-bond donors (Lipinski definition) is 1. The van der Waals surface area contributed by atoms with Gasteiger partial charge < -0.3 is 10.1 Å². The lowest BCUT2D eigenvalue weighted by Gasteiger charge is -2.25. The van der Waals surface area contributed by atoms with Gasteiger partial charge in [-0.05, 0) is 5.92 Å². The zero-order chi connectivity index (χ0) is 9.84. The molecule has 0 bridgehead atoms. The van der Waals surface area contributed by atoms with Crippen LogP contribution in [0.2, 0.25) is 0 Å². The van der Waals surface area contributed by atoms with Crippen molar-refractivity contribution in [2.75, 3.05) is 12.9 Å². The summed E-state index contributed by atoms with van der Waals surface area (Å²) in [5.74, 6) is 1.26. The fourth-order valence-corrected chi connectivity index (χ4v) is 2.25. The second kappa shape index (κ2) is 4.56. The van der Waals surface area contributed by atoms with Crippen molar-refractivity contribution in [3.8, 4) is 0 Å². The topological polar surface area (TPSA) is 38.3 Å². The summed E-state index contributed by atoms with van der Waals surface area (Å²) >= 11 is 1.56. The maximum absolute atomic E-state index is 11.1. The minimum Gasteiger partial charge on any atom is -0.465 e. The van der Waals surface area contributed by atoms with E-state index in [0.717, 1.165) is 5.75 Å². The first-order valence-corrected chi connectivity index (χ1v) is 5.31. The molecular formula is C9H15NO2S. The maximum atomic E-state index is 11.1.